The summed E-state index contributed by atoms with van der Waals surface area (Å²) >= 11 is 3.00. The highest BCUT2D eigenvalue weighted by Crippen LogP contribution is 2.28. The van der Waals surface area contributed by atoms with Gasteiger partial charge in [-0.25, -0.2) is 0 Å². The van der Waals surface area contributed by atoms with Crippen molar-refractivity contribution in [1.82, 2.24) is 15.5 Å². The molecule has 0 aliphatic heterocycles. The van der Waals surface area contributed by atoms with Crippen molar-refractivity contribution in [2.24, 2.45) is 0 Å². The van der Waals surface area contributed by atoms with Gasteiger partial charge in [0.2, 0.25) is 11.0 Å². The number of carbonyl (C=O) groups excluding carboxylic acids is 1. The molecule has 0 aromatic carbocycles. The number of anilines is 1. The van der Waals surface area contributed by atoms with Crippen LogP contribution >= 0.6 is 23.1 Å². The molecule has 1 fully saturated rings. The Labute approximate surface area is 128 Å². The van der Waals surface area contributed by atoms with Gasteiger partial charge in [0.15, 0.2) is 4.34 Å². The van der Waals surface area contributed by atoms with Gasteiger partial charge in [-0.3, -0.25) is 4.79 Å². The van der Waals surface area contributed by atoms with E-state index in [0.29, 0.717) is 11.8 Å². The molecule has 1 saturated carbocycles. The molecule has 2 rings (SSSR count). The number of amides is 1. The minimum absolute atomic E-state index is 0.0637. The largest absolute Gasteiger partial charge is 0.357 e. The van der Waals surface area contributed by atoms with Crippen LogP contribution in [0.5, 0.6) is 0 Å². The maximum Gasteiger partial charge on any atom is 0.230 e. The van der Waals surface area contributed by atoms with E-state index in [2.05, 4.69) is 20.8 Å². The summed E-state index contributed by atoms with van der Waals surface area (Å²) < 4.78 is 0.856. The lowest BCUT2D eigenvalue weighted by molar-refractivity contribution is -0.118. The Hall–Kier alpha value is -0.820. The van der Waals surface area contributed by atoms with Crippen LogP contribution in [0.15, 0.2) is 4.34 Å². The number of hydrogen-bond donors (Lipinski definition) is 2. The summed E-state index contributed by atoms with van der Waals surface area (Å²) in [6, 6.07) is 0.544. The summed E-state index contributed by atoms with van der Waals surface area (Å²) in [6.45, 7) is 2.78. The van der Waals surface area contributed by atoms with Gasteiger partial charge in [0.1, 0.15) is 0 Å². The second-order valence-corrected chi connectivity index (χ2v) is 7.19. The summed E-state index contributed by atoms with van der Waals surface area (Å²) in [5, 5.41) is 15.5. The quantitative estimate of drug-likeness (QED) is 0.758. The average molecular weight is 314 g/mol. The lowest BCUT2D eigenvalue weighted by Crippen LogP contribution is -2.25. The van der Waals surface area contributed by atoms with E-state index in [1.807, 2.05) is 6.92 Å². The van der Waals surface area contributed by atoms with Crippen molar-refractivity contribution in [3.05, 3.63) is 0 Å². The lowest BCUT2D eigenvalue weighted by Gasteiger charge is -2.21. The van der Waals surface area contributed by atoms with E-state index >= 15 is 0 Å². The normalized spacial score (nSPS) is 16.1. The van der Waals surface area contributed by atoms with E-state index in [1.54, 1.807) is 11.3 Å². The van der Waals surface area contributed by atoms with E-state index in [1.165, 1.54) is 43.9 Å². The first-order valence-electron chi connectivity index (χ1n) is 7.27. The molecule has 0 unspecified atom stereocenters. The summed E-state index contributed by atoms with van der Waals surface area (Å²) in [6.07, 6.45) is 7.36. The third-order valence-corrected chi connectivity index (χ3v) is 5.23. The van der Waals surface area contributed by atoms with Crippen LogP contribution in [0.2, 0.25) is 0 Å². The van der Waals surface area contributed by atoms with E-state index in [-0.39, 0.29) is 5.91 Å². The molecule has 1 aliphatic carbocycles. The van der Waals surface area contributed by atoms with Crippen molar-refractivity contribution in [3.63, 3.8) is 0 Å². The third-order valence-electron chi connectivity index (χ3n) is 3.24. The monoisotopic (exact) mass is 314 g/mol. The van der Waals surface area contributed by atoms with Gasteiger partial charge in [-0.2, -0.15) is 0 Å². The highest BCUT2D eigenvalue weighted by atomic mass is 32.2. The molecule has 112 valence electrons. The molecule has 1 amide bonds. The van der Waals surface area contributed by atoms with Gasteiger partial charge in [0.25, 0.3) is 0 Å². The summed E-state index contributed by atoms with van der Waals surface area (Å²) in [5.41, 5.74) is 0. The smallest absolute Gasteiger partial charge is 0.230 e. The van der Waals surface area contributed by atoms with Crippen molar-refractivity contribution < 1.29 is 4.79 Å². The molecule has 0 atom stereocenters. The second kappa shape index (κ2) is 8.46. The number of thioether (sulfide) groups is 1. The Morgan fingerprint density at radius 2 is 2.15 bits per heavy atom. The van der Waals surface area contributed by atoms with Crippen LogP contribution in [0.3, 0.4) is 0 Å². The van der Waals surface area contributed by atoms with Gasteiger partial charge in [-0.15, -0.1) is 10.2 Å². The molecule has 0 radical (unpaired) electrons. The number of hydrogen-bond acceptors (Lipinski definition) is 6. The highest BCUT2D eigenvalue weighted by molar-refractivity contribution is 8.01. The van der Waals surface area contributed by atoms with Gasteiger partial charge < -0.3 is 10.6 Å². The zero-order valence-corrected chi connectivity index (χ0v) is 13.5. The molecule has 0 bridgehead atoms. The SMILES string of the molecule is CCCNC(=O)CSc1nnc(NC2CCCCC2)s1. The number of nitrogens with zero attached hydrogens (tertiary/aromatic N) is 2. The Kier molecular flexibility index (Phi) is 6.59. The molecule has 0 saturated heterocycles. The molecule has 1 heterocycles. The van der Waals surface area contributed by atoms with Crippen LogP contribution in [-0.4, -0.2) is 34.4 Å². The Morgan fingerprint density at radius 3 is 2.90 bits per heavy atom. The Bertz CT molecular complexity index is 418. The summed E-state index contributed by atoms with van der Waals surface area (Å²) in [7, 11) is 0. The average Bonchev–Trinajstić information content (AvgIpc) is 2.91. The predicted octanol–water partition coefficient (Wildman–Crippen LogP) is 2.90. The van der Waals surface area contributed by atoms with Crippen molar-refractivity contribution in [2.75, 3.05) is 17.6 Å². The number of nitrogens with one attached hydrogen (secondary N) is 2. The minimum Gasteiger partial charge on any atom is -0.357 e. The van der Waals surface area contributed by atoms with Crippen LogP contribution in [0, 0.1) is 0 Å². The first-order chi connectivity index (χ1) is 9.78. The number of carbonyl (C=O) groups is 1. The molecule has 1 aromatic heterocycles. The first-order valence-corrected chi connectivity index (χ1v) is 9.07. The van der Waals surface area contributed by atoms with Crippen LogP contribution in [0.25, 0.3) is 0 Å². The van der Waals surface area contributed by atoms with E-state index < -0.39 is 0 Å². The van der Waals surface area contributed by atoms with Gasteiger partial charge in [-0.1, -0.05) is 49.3 Å². The van der Waals surface area contributed by atoms with Crippen LogP contribution in [0.1, 0.15) is 45.4 Å². The standard InChI is InChI=1S/C13H22N4OS2/c1-2-8-14-11(18)9-19-13-17-16-12(20-13)15-10-6-4-3-5-7-10/h10H,2-9H2,1H3,(H,14,18)(H,15,16). The van der Waals surface area contributed by atoms with Crippen molar-refractivity contribution in [3.8, 4) is 0 Å². The molecule has 0 spiro atoms. The predicted molar refractivity (Wildman–Crippen MR) is 84.4 cm³/mol. The van der Waals surface area contributed by atoms with Crippen molar-refractivity contribution in [2.45, 2.75) is 55.8 Å². The summed E-state index contributed by atoms with van der Waals surface area (Å²) in [5.74, 6) is 0.478. The Morgan fingerprint density at radius 1 is 1.35 bits per heavy atom. The number of aromatic nitrogens is 2. The van der Waals surface area contributed by atoms with Gasteiger partial charge in [0.05, 0.1) is 5.75 Å². The van der Waals surface area contributed by atoms with Gasteiger partial charge in [0, 0.05) is 12.6 Å². The Balaban J connectivity index is 1.72. The van der Waals surface area contributed by atoms with Crippen molar-refractivity contribution in [1.29, 1.82) is 0 Å². The lowest BCUT2D eigenvalue weighted by atomic mass is 9.96. The first kappa shape index (κ1) is 15.6. The molecule has 5 nitrogen and oxygen atoms in total. The fourth-order valence-corrected chi connectivity index (χ4v) is 3.85. The van der Waals surface area contributed by atoms with Crippen LogP contribution in [-0.2, 0) is 4.79 Å². The molecular weight excluding hydrogens is 292 g/mol. The van der Waals surface area contributed by atoms with E-state index in [9.17, 15) is 4.79 Å². The van der Waals surface area contributed by atoms with Crippen LogP contribution in [0.4, 0.5) is 5.13 Å². The topological polar surface area (TPSA) is 66.9 Å². The molecule has 2 N–H and O–H groups in total. The summed E-state index contributed by atoms with van der Waals surface area (Å²) in [4.78, 5) is 11.5. The van der Waals surface area contributed by atoms with Crippen LogP contribution < -0.4 is 10.6 Å². The highest BCUT2D eigenvalue weighted by Gasteiger charge is 2.15. The molecule has 1 aliphatic rings. The zero-order valence-electron chi connectivity index (χ0n) is 11.9. The second-order valence-electron chi connectivity index (χ2n) is 4.99. The van der Waals surface area contributed by atoms with Crippen molar-refractivity contribution >= 4 is 34.1 Å². The van der Waals surface area contributed by atoms with E-state index in [4.69, 9.17) is 0 Å². The fourth-order valence-electron chi connectivity index (χ4n) is 2.19. The maximum atomic E-state index is 11.5. The fraction of sp³-hybridized carbons (Fsp3) is 0.769. The molecule has 20 heavy (non-hydrogen) atoms. The molecule has 1 aromatic rings. The third kappa shape index (κ3) is 5.28. The minimum atomic E-state index is 0.0637. The number of rotatable bonds is 7. The van der Waals surface area contributed by atoms with Gasteiger partial charge in [-0.05, 0) is 19.3 Å². The maximum absolute atomic E-state index is 11.5. The van der Waals surface area contributed by atoms with Gasteiger partial charge >= 0.3 is 0 Å². The molecule has 7 heteroatoms. The van der Waals surface area contributed by atoms with E-state index in [0.717, 1.165) is 22.4 Å². The molecular formula is C13H22N4OS2. The zero-order chi connectivity index (χ0) is 14.2.